The van der Waals surface area contributed by atoms with Crippen molar-refractivity contribution < 1.29 is 23.1 Å². The van der Waals surface area contributed by atoms with E-state index in [0.29, 0.717) is 31.5 Å². The molecule has 1 aliphatic heterocycles. The fourth-order valence-corrected chi connectivity index (χ4v) is 3.52. The van der Waals surface area contributed by atoms with Crippen molar-refractivity contribution in [2.24, 2.45) is 5.92 Å². The second-order valence-corrected chi connectivity index (χ2v) is 8.00. The van der Waals surface area contributed by atoms with Crippen LogP contribution in [0.25, 0.3) is 0 Å². The zero-order valence-electron chi connectivity index (χ0n) is 17.0. The van der Waals surface area contributed by atoms with Gasteiger partial charge in [-0.2, -0.15) is 13.2 Å². The molecule has 1 saturated heterocycles. The molecule has 0 aromatic heterocycles. The van der Waals surface area contributed by atoms with Gasteiger partial charge in [0.1, 0.15) is 0 Å². The van der Waals surface area contributed by atoms with Crippen molar-refractivity contribution in [1.29, 1.82) is 0 Å². The summed E-state index contributed by atoms with van der Waals surface area (Å²) in [6.07, 6.45) is -3.63. The van der Waals surface area contributed by atoms with Crippen LogP contribution in [0.5, 0.6) is 0 Å². The van der Waals surface area contributed by atoms with Crippen molar-refractivity contribution in [3.05, 3.63) is 70.8 Å². The number of aryl methyl sites for hydroxylation is 2. The molecular weight excluding hydrogens is 393 g/mol. The van der Waals surface area contributed by atoms with Crippen LogP contribution in [0, 0.1) is 5.92 Å². The monoisotopic (exact) mass is 420 g/mol. The maximum Gasteiger partial charge on any atom is 0.416 e. The smallest absolute Gasteiger partial charge is 0.392 e. The largest absolute Gasteiger partial charge is 0.416 e. The summed E-state index contributed by atoms with van der Waals surface area (Å²) in [5.41, 5.74) is 2.29. The highest BCUT2D eigenvalue weighted by atomic mass is 19.4. The predicted octanol–water partition coefficient (Wildman–Crippen LogP) is 3.42. The molecule has 2 aromatic rings. The van der Waals surface area contributed by atoms with Crippen LogP contribution in [0.15, 0.2) is 48.5 Å². The number of halogens is 3. The highest BCUT2D eigenvalue weighted by Crippen LogP contribution is 2.29. The number of nitrogens with one attached hydrogen (secondary N) is 1. The number of amides is 1. The van der Waals surface area contributed by atoms with E-state index >= 15 is 0 Å². The number of aliphatic hydroxyl groups excluding tert-OH is 1. The second-order valence-electron chi connectivity index (χ2n) is 8.00. The molecule has 7 heteroatoms. The predicted molar refractivity (Wildman–Crippen MR) is 109 cm³/mol. The van der Waals surface area contributed by atoms with E-state index in [9.17, 15) is 23.1 Å². The number of likely N-dealkylation sites (tertiary alicyclic amines) is 1. The van der Waals surface area contributed by atoms with Crippen molar-refractivity contribution in [3.63, 3.8) is 0 Å². The van der Waals surface area contributed by atoms with E-state index in [2.05, 4.69) is 10.2 Å². The maximum absolute atomic E-state index is 12.8. The van der Waals surface area contributed by atoms with Gasteiger partial charge in [0.05, 0.1) is 17.6 Å². The molecule has 2 N–H and O–H groups in total. The molecule has 2 aromatic carbocycles. The van der Waals surface area contributed by atoms with Crippen molar-refractivity contribution in [1.82, 2.24) is 10.2 Å². The fraction of sp³-hybridized carbons (Fsp3) is 0.435. The van der Waals surface area contributed by atoms with Crippen LogP contribution in [0.1, 0.15) is 29.2 Å². The first kappa shape index (κ1) is 22.3. The zero-order chi connectivity index (χ0) is 21.7. The quantitative estimate of drug-likeness (QED) is 0.688. The van der Waals surface area contributed by atoms with E-state index in [1.54, 1.807) is 13.0 Å². The van der Waals surface area contributed by atoms with Crippen molar-refractivity contribution in [2.75, 3.05) is 19.6 Å². The second kappa shape index (κ2) is 9.62. The molecule has 0 bridgehead atoms. The summed E-state index contributed by atoms with van der Waals surface area (Å²) >= 11 is 0. The van der Waals surface area contributed by atoms with Gasteiger partial charge >= 0.3 is 6.18 Å². The average Bonchev–Trinajstić information content (AvgIpc) is 2.67. The highest BCUT2D eigenvalue weighted by molar-refractivity contribution is 5.80. The Morgan fingerprint density at radius 3 is 2.37 bits per heavy atom. The number of benzene rings is 2. The van der Waals surface area contributed by atoms with Gasteiger partial charge in [-0.05, 0) is 42.5 Å². The molecule has 1 aliphatic rings. The highest BCUT2D eigenvalue weighted by Gasteiger charge is 2.32. The van der Waals surface area contributed by atoms with Crippen LogP contribution >= 0.6 is 0 Å². The van der Waals surface area contributed by atoms with Gasteiger partial charge < -0.3 is 10.4 Å². The summed E-state index contributed by atoms with van der Waals surface area (Å²) in [6.45, 7) is 4.06. The van der Waals surface area contributed by atoms with Crippen LogP contribution in [-0.4, -0.2) is 41.7 Å². The molecule has 1 amide bonds. The lowest BCUT2D eigenvalue weighted by atomic mass is 9.97. The molecule has 1 fully saturated rings. The maximum atomic E-state index is 12.8. The van der Waals surface area contributed by atoms with Gasteiger partial charge in [0.15, 0.2) is 0 Å². The van der Waals surface area contributed by atoms with Gasteiger partial charge in [-0.25, -0.2) is 0 Å². The Bertz CT molecular complexity index is 844. The molecule has 0 saturated carbocycles. The average molecular weight is 420 g/mol. The molecule has 0 spiro atoms. The first-order chi connectivity index (χ1) is 14.2. The van der Waals surface area contributed by atoms with Gasteiger partial charge in [0.2, 0.25) is 5.91 Å². The topological polar surface area (TPSA) is 52.6 Å². The normalized spacial score (nSPS) is 16.2. The number of hydrogen-bond acceptors (Lipinski definition) is 3. The number of aliphatic hydroxyl groups is 1. The van der Waals surface area contributed by atoms with Gasteiger partial charge in [-0.15, -0.1) is 0 Å². The zero-order valence-corrected chi connectivity index (χ0v) is 17.0. The molecule has 1 atom stereocenters. The number of rotatable bonds is 8. The summed E-state index contributed by atoms with van der Waals surface area (Å²) in [4.78, 5) is 14.1. The van der Waals surface area contributed by atoms with E-state index in [4.69, 9.17) is 0 Å². The molecule has 3 rings (SSSR count). The Balaban J connectivity index is 1.43. The molecule has 0 radical (unpaired) electrons. The third kappa shape index (κ3) is 6.31. The summed E-state index contributed by atoms with van der Waals surface area (Å²) in [6, 6.07) is 13.6. The number of nitrogens with zero attached hydrogens (tertiary/aromatic N) is 1. The third-order valence-corrected chi connectivity index (χ3v) is 5.29. The standard InChI is InChI=1S/C23H27F3N2O2/c1-16(29)12-27-22(30)20-14-28(15-20)13-19-9-6-17(7-10-19)5-8-18-3-2-4-21(11-18)23(24,25)26/h2-4,6-7,9-11,16,20,29H,5,8,12-15H2,1H3,(H,27,30)/t16-/m1/s1. The Kier molecular flexibility index (Phi) is 7.15. The Hall–Kier alpha value is -2.38. The number of alkyl halides is 3. The molecule has 0 unspecified atom stereocenters. The van der Waals surface area contributed by atoms with Crippen molar-refractivity contribution >= 4 is 5.91 Å². The minimum atomic E-state index is -4.31. The SMILES string of the molecule is C[C@@H](O)CNC(=O)C1CN(Cc2ccc(CCc3cccc(C(F)(F)F)c3)cc2)C1. The number of carbonyl (C=O) groups is 1. The third-order valence-electron chi connectivity index (χ3n) is 5.29. The van der Waals surface area contributed by atoms with Gasteiger partial charge in [0, 0.05) is 26.2 Å². The first-order valence-corrected chi connectivity index (χ1v) is 10.1. The van der Waals surface area contributed by atoms with Crippen LogP contribution in [0.3, 0.4) is 0 Å². The minimum Gasteiger partial charge on any atom is -0.392 e. The van der Waals surface area contributed by atoms with E-state index in [0.717, 1.165) is 23.7 Å². The van der Waals surface area contributed by atoms with E-state index in [1.807, 2.05) is 24.3 Å². The summed E-state index contributed by atoms with van der Waals surface area (Å²) < 4.78 is 38.4. The first-order valence-electron chi connectivity index (χ1n) is 10.1. The fourth-order valence-electron chi connectivity index (χ4n) is 3.52. The molecule has 162 valence electrons. The molecular formula is C23H27F3N2O2. The van der Waals surface area contributed by atoms with Crippen molar-refractivity contribution in [2.45, 2.75) is 38.6 Å². The number of carbonyl (C=O) groups excluding carboxylic acids is 1. The lowest BCUT2D eigenvalue weighted by Gasteiger charge is -2.38. The Morgan fingerprint density at radius 2 is 1.73 bits per heavy atom. The van der Waals surface area contributed by atoms with E-state index in [-0.39, 0.29) is 18.4 Å². The van der Waals surface area contributed by atoms with Gasteiger partial charge in [-0.1, -0.05) is 42.5 Å². The Labute approximate surface area is 174 Å². The Morgan fingerprint density at radius 1 is 1.10 bits per heavy atom. The minimum absolute atomic E-state index is 0.0166. The van der Waals surface area contributed by atoms with E-state index < -0.39 is 17.8 Å². The molecule has 30 heavy (non-hydrogen) atoms. The summed E-state index contributed by atoms with van der Waals surface area (Å²) in [7, 11) is 0. The van der Waals surface area contributed by atoms with Gasteiger partial charge in [0.25, 0.3) is 0 Å². The lowest BCUT2D eigenvalue weighted by Crippen LogP contribution is -2.53. The van der Waals surface area contributed by atoms with E-state index in [1.165, 1.54) is 12.1 Å². The van der Waals surface area contributed by atoms with Gasteiger partial charge in [-0.3, -0.25) is 9.69 Å². The summed E-state index contributed by atoms with van der Waals surface area (Å²) in [5, 5.41) is 12.0. The number of hydrogen-bond donors (Lipinski definition) is 2. The van der Waals surface area contributed by atoms with Crippen LogP contribution in [0.4, 0.5) is 13.2 Å². The molecule has 0 aliphatic carbocycles. The van der Waals surface area contributed by atoms with Crippen LogP contribution in [-0.2, 0) is 30.4 Å². The van der Waals surface area contributed by atoms with Crippen LogP contribution in [0.2, 0.25) is 0 Å². The lowest BCUT2D eigenvalue weighted by molar-refractivity contribution is -0.137. The van der Waals surface area contributed by atoms with Crippen molar-refractivity contribution in [3.8, 4) is 0 Å². The van der Waals surface area contributed by atoms with Crippen LogP contribution < -0.4 is 5.32 Å². The molecule has 4 nitrogen and oxygen atoms in total. The summed E-state index contributed by atoms with van der Waals surface area (Å²) in [5.74, 6) is -0.0485. The molecule has 1 heterocycles.